The molecule has 8 nitrogen and oxygen atoms in total. The molecule has 1 aliphatic heterocycles. The zero-order chi connectivity index (χ0) is 12.7. The Labute approximate surface area is 122 Å². The SMILES string of the molecule is C1CCCNCC1.O=P([O-])(O)OP(=O)(O)O.[Na+]. The second-order valence-electron chi connectivity index (χ2n) is 3.20. The molecular formula is C6H16NNaO7P2. The average molecular weight is 299 g/mol. The summed E-state index contributed by atoms with van der Waals surface area (Å²) in [6, 6.07) is 0. The minimum atomic E-state index is -5.30. The van der Waals surface area contributed by atoms with Gasteiger partial charge < -0.3 is 24.9 Å². The van der Waals surface area contributed by atoms with Gasteiger partial charge in [-0.25, -0.2) is 8.88 Å². The first kappa shape index (κ1) is 20.5. The van der Waals surface area contributed by atoms with Gasteiger partial charge in [-0.05, 0) is 25.9 Å². The minimum absolute atomic E-state index is 0. The first-order valence-corrected chi connectivity index (χ1v) is 7.75. The molecule has 0 amide bonds. The van der Waals surface area contributed by atoms with Crippen LogP contribution in [0.15, 0.2) is 0 Å². The van der Waals surface area contributed by atoms with Gasteiger partial charge in [-0.3, -0.25) is 4.57 Å². The summed E-state index contributed by atoms with van der Waals surface area (Å²) in [4.78, 5) is 32.6. The fourth-order valence-corrected chi connectivity index (χ4v) is 2.19. The number of nitrogens with one attached hydrogen (secondary N) is 1. The molecule has 0 radical (unpaired) electrons. The van der Waals surface area contributed by atoms with Crippen molar-refractivity contribution in [1.82, 2.24) is 5.32 Å². The number of phosphoric acid groups is 2. The molecule has 0 aromatic rings. The molecule has 0 spiro atoms. The Balaban J connectivity index is 0. The molecule has 1 unspecified atom stereocenters. The van der Waals surface area contributed by atoms with Gasteiger partial charge in [0.15, 0.2) is 0 Å². The Kier molecular flexibility index (Phi) is 12.2. The molecule has 1 fully saturated rings. The maximum absolute atomic E-state index is 9.59. The van der Waals surface area contributed by atoms with Crippen LogP contribution in [-0.4, -0.2) is 27.8 Å². The number of hydrogen-bond acceptors (Lipinski definition) is 5. The van der Waals surface area contributed by atoms with Crippen LogP contribution < -0.4 is 39.8 Å². The van der Waals surface area contributed by atoms with Gasteiger partial charge in [-0.15, -0.1) is 0 Å². The van der Waals surface area contributed by atoms with E-state index in [9.17, 15) is 14.0 Å². The third-order valence-electron chi connectivity index (χ3n) is 1.67. The maximum atomic E-state index is 9.59. The molecule has 11 heteroatoms. The van der Waals surface area contributed by atoms with Crippen LogP contribution in [0.2, 0.25) is 0 Å². The van der Waals surface area contributed by atoms with Crippen molar-refractivity contribution in [1.29, 1.82) is 0 Å². The molecule has 1 aliphatic rings. The van der Waals surface area contributed by atoms with Crippen molar-refractivity contribution in [3.8, 4) is 0 Å². The predicted octanol–water partition coefficient (Wildman–Crippen LogP) is -3.29. The van der Waals surface area contributed by atoms with E-state index in [2.05, 4.69) is 9.63 Å². The molecule has 0 saturated carbocycles. The fraction of sp³-hybridized carbons (Fsp3) is 1.00. The largest absolute Gasteiger partial charge is 1.00 e. The van der Waals surface area contributed by atoms with Crippen molar-refractivity contribution in [2.24, 2.45) is 0 Å². The van der Waals surface area contributed by atoms with Crippen molar-refractivity contribution < 1.29 is 62.6 Å². The number of rotatable bonds is 2. The summed E-state index contributed by atoms with van der Waals surface area (Å²) in [6.07, 6.45) is 5.65. The number of hydrogen-bond donors (Lipinski definition) is 4. The zero-order valence-corrected chi connectivity index (χ0v) is 13.4. The van der Waals surface area contributed by atoms with Crippen LogP contribution in [0.1, 0.15) is 25.7 Å². The summed E-state index contributed by atoms with van der Waals surface area (Å²) in [6.45, 7) is 2.50. The van der Waals surface area contributed by atoms with Crippen molar-refractivity contribution in [2.45, 2.75) is 25.7 Å². The molecule has 0 aromatic heterocycles. The fourth-order valence-electron chi connectivity index (χ4n) is 1.11. The van der Waals surface area contributed by atoms with Crippen LogP contribution in [0, 0.1) is 0 Å². The van der Waals surface area contributed by atoms with E-state index in [4.69, 9.17) is 14.7 Å². The predicted molar refractivity (Wildman–Crippen MR) is 54.3 cm³/mol. The van der Waals surface area contributed by atoms with E-state index in [1.54, 1.807) is 0 Å². The second-order valence-corrected chi connectivity index (χ2v) is 5.78. The van der Waals surface area contributed by atoms with Gasteiger partial charge in [0.2, 0.25) is 0 Å². The molecule has 1 atom stereocenters. The van der Waals surface area contributed by atoms with Crippen LogP contribution in [-0.2, 0) is 13.4 Å². The minimum Gasteiger partial charge on any atom is -0.756 e. The third kappa shape index (κ3) is 19.7. The summed E-state index contributed by atoms with van der Waals surface area (Å²) in [7, 11) is -10.4. The van der Waals surface area contributed by atoms with E-state index in [-0.39, 0.29) is 29.6 Å². The molecule has 17 heavy (non-hydrogen) atoms. The summed E-state index contributed by atoms with van der Waals surface area (Å²) < 4.78 is 21.9. The van der Waals surface area contributed by atoms with Gasteiger partial charge in [-0.2, -0.15) is 0 Å². The van der Waals surface area contributed by atoms with Crippen LogP contribution in [0.4, 0.5) is 0 Å². The monoisotopic (exact) mass is 299 g/mol. The Bertz CT molecular complexity index is 238. The van der Waals surface area contributed by atoms with E-state index in [0.717, 1.165) is 0 Å². The molecule has 4 N–H and O–H groups in total. The van der Waals surface area contributed by atoms with E-state index >= 15 is 0 Å². The van der Waals surface area contributed by atoms with Crippen LogP contribution in [0.3, 0.4) is 0 Å². The Hall–Kier alpha value is 1.22. The Morgan fingerprint density at radius 2 is 1.41 bits per heavy atom. The molecule has 0 bridgehead atoms. The summed E-state index contributed by atoms with van der Waals surface area (Å²) in [5, 5.41) is 3.35. The van der Waals surface area contributed by atoms with Gasteiger partial charge >= 0.3 is 37.4 Å². The smallest absolute Gasteiger partial charge is 0.756 e. The molecule has 98 valence electrons. The molecule has 0 aromatic carbocycles. The van der Waals surface area contributed by atoms with Gasteiger partial charge in [0.1, 0.15) is 0 Å². The van der Waals surface area contributed by atoms with Gasteiger partial charge in [0.25, 0.3) is 7.82 Å². The van der Waals surface area contributed by atoms with E-state index in [0.29, 0.717) is 0 Å². The third-order valence-corrected chi connectivity index (χ3v) is 3.34. The second kappa shape index (κ2) is 10.1. The molecule has 0 aliphatic carbocycles. The summed E-state index contributed by atoms with van der Waals surface area (Å²) in [5.74, 6) is 0. The normalized spacial score (nSPS) is 20.0. The van der Waals surface area contributed by atoms with Crippen LogP contribution >= 0.6 is 15.6 Å². The van der Waals surface area contributed by atoms with Gasteiger partial charge in [0, 0.05) is 0 Å². The van der Waals surface area contributed by atoms with E-state index < -0.39 is 15.6 Å². The first-order chi connectivity index (χ1) is 7.21. The molecule has 1 heterocycles. The van der Waals surface area contributed by atoms with Crippen molar-refractivity contribution >= 4 is 15.6 Å². The quantitative estimate of drug-likeness (QED) is 0.307. The van der Waals surface area contributed by atoms with Gasteiger partial charge in [-0.1, -0.05) is 12.8 Å². The van der Waals surface area contributed by atoms with E-state index in [1.165, 1.54) is 38.8 Å². The topological polar surface area (TPSA) is 139 Å². The standard InChI is InChI=1S/C6H13N.Na.H4O7P2/c1-2-4-6-7-5-3-1;;1-8(2,3)7-9(4,5)6/h7H,1-6H2;;(H2,1,2,3)(H2,4,5,6)/q;+1;/p-1. The summed E-state index contributed by atoms with van der Waals surface area (Å²) in [5.41, 5.74) is 0. The summed E-state index contributed by atoms with van der Waals surface area (Å²) >= 11 is 0. The van der Waals surface area contributed by atoms with E-state index in [1.807, 2.05) is 0 Å². The Morgan fingerprint density at radius 1 is 1.00 bits per heavy atom. The first-order valence-electron chi connectivity index (χ1n) is 4.72. The van der Waals surface area contributed by atoms with Crippen LogP contribution in [0.5, 0.6) is 0 Å². The van der Waals surface area contributed by atoms with Crippen LogP contribution in [0.25, 0.3) is 0 Å². The van der Waals surface area contributed by atoms with Crippen molar-refractivity contribution in [3.05, 3.63) is 0 Å². The van der Waals surface area contributed by atoms with Crippen molar-refractivity contribution in [2.75, 3.05) is 13.1 Å². The molecule has 1 saturated heterocycles. The zero-order valence-electron chi connectivity index (χ0n) is 9.61. The molecule has 1 rings (SSSR count). The Morgan fingerprint density at radius 3 is 1.65 bits per heavy atom. The average Bonchev–Trinajstić information content (AvgIpc) is 2.26. The maximum Gasteiger partial charge on any atom is 1.00 e. The molecular weight excluding hydrogens is 283 g/mol. The van der Waals surface area contributed by atoms with Gasteiger partial charge in [0.05, 0.1) is 0 Å². The van der Waals surface area contributed by atoms with Crippen molar-refractivity contribution in [3.63, 3.8) is 0 Å².